The third-order valence-electron chi connectivity index (χ3n) is 4.76. The van der Waals surface area contributed by atoms with E-state index in [1.54, 1.807) is 66.7 Å². The van der Waals surface area contributed by atoms with Crippen molar-refractivity contribution in [2.75, 3.05) is 6.61 Å². The van der Waals surface area contributed by atoms with Crippen LogP contribution in [-0.4, -0.2) is 22.9 Å². The van der Waals surface area contributed by atoms with Crippen LogP contribution >= 0.6 is 0 Å². The number of esters is 1. The molecule has 1 aromatic heterocycles. The standard InChI is InChI=1S/C24H19NO5/c26-22(17-9-2-1-3-10-17)18-11-4-5-12-19(18)23(27)29-16-8-15-25-20-13-6-7-14-21(20)30-24(25)28/h1-7,9-14H,8,15-16H2. The highest BCUT2D eigenvalue weighted by atomic mass is 16.5. The molecule has 30 heavy (non-hydrogen) atoms. The molecule has 0 aliphatic heterocycles. The lowest BCUT2D eigenvalue weighted by atomic mass is 9.98. The summed E-state index contributed by atoms with van der Waals surface area (Å²) in [5, 5.41) is 0. The molecule has 0 amide bonds. The van der Waals surface area contributed by atoms with Crippen molar-refractivity contribution in [2.45, 2.75) is 13.0 Å². The third kappa shape index (κ3) is 3.93. The van der Waals surface area contributed by atoms with Gasteiger partial charge in [-0.05, 0) is 24.6 Å². The van der Waals surface area contributed by atoms with Gasteiger partial charge in [-0.3, -0.25) is 9.36 Å². The van der Waals surface area contributed by atoms with Gasteiger partial charge in [-0.1, -0.05) is 60.7 Å². The number of benzene rings is 3. The van der Waals surface area contributed by atoms with E-state index in [1.165, 1.54) is 4.57 Å². The fourth-order valence-electron chi connectivity index (χ4n) is 3.30. The number of ketones is 1. The second kappa shape index (κ2) is 8.61. The number of carbonyl (C=O) groups excluding carboxylic acids is 2. The average Bonchev–Trinajstić information content (AvgIpc) is 3.11. The summed E-state index contributed by atoms with van der Waals surface area (Å²) in [5.74, 6) is -1.25. The zero-order chi connectivity index (χ0) is 20.9. The van der Waals surface area contributed by atoms with E-state index >= 15 is 0 Å². The molecule has 6 heteroatoms. The van der Waals surface area contributed by atoms with Crippen LogP contribution in [0.4, 0.5) is 0 Å². The van der Waals surface area contributed by atoms with Crippen LogP contribution < -0.4 is 5.76 Å². The van der Waals surface area contributed by atoms with Crippen LogP contribution in [0.1, 0.15) is 32.7 Å². The number of hydrogen-bond acceptors (Lipinski definition) is 5. The molecule has 0 fully saturated rings. The molecule has 0 aliphatic carbocycles. The van der Waals surface area contributed by atoms with Gasteiger partial charge >= 0.3 is 11.7 Å². The molecule has 0 aliphatic rings. The first kappa shape index (κ1) is 19.4. The van der Waals surface area contributed by atoms with Gasteiger partial charge in [0, 0.05) is 17.7 Å². The Labute approximate surface area is 172 Å². The summed E-state index contributed by atoms with van der Waals surface area (Å²) in [6, 6.07) is 22.5. The Balaban J connectivity index is 1.42. The molecule has 4 aromatic rings. The molecular weight excluding hydrogens is 382 g/mol. The fourth-order valence-corrected chi connectivity index (χ4v) is 3.30. The number of para-hydroxylation sites is 2. The van der Waals surface area contributed by atoms with E-state index in [4.69, 9.17) is 9.15 Å². The van der Waals surface area contributed by atoms with Gasteiger partial charge in [-0.15, -0.1) is 0 Å². The molecule has 0 N–H and O–H groups in total. The molecule has 0 atom stereocenters. The molecule has 0 saturated carbocycles. The van der Waals surface area contributed by atoms with Crippen LogP contribution in [0.25, 0.3) is 11.1 Å². The third-order valence-corrected chi connectivity index (χ3v) is 4.76. The fraction of sp³-hybridized carbons (Fsp3) is 0.125. The topological polar surface area (TPSA) is 78.5 Å². The molecule has 0 spiro atoms. The van der Waals surface area contributed by atoms with E-state index in [-0.39, 0.29) is 18.0 Å². The Morgan fingerprint density at radius 1 is 0.833 bits per heavy atom. The molecular formula is C24H19NO5. The van der Waals surface area contributed by atoms with Crippen molar-refractivity contribution in [3.8, 4) is 0 Å². The van der Waals surface area contributed by atoms with E-state index in [2.05, 4.69) is 0 Å². The van der Waals surface area contributed by atoms with Crippen molar-refractivity contribution in [1.29, 1.82) is 0 Å². The van der Waals surface area contributed by atoms with Gasteiger partial charge in [0.25, 0.3) is 0 Å². The largest absolute Gasteiger partial charge is 0.462 e. The number of ether oxygens (including phenoxy) is 1. The van der Waals surface area contributed by atoms with Crippen molar-refractivity contribution >= 4 is 22.9 Å². The predicted molar refractivity (Wildman–Crippen MR) is 112 cm³/mol. The number of carbonyl (C=O) groups is 2. The first-order valence-corrected chi connectivity index (χ1v) is 9.59. The van der Waals surface area contributed by atoms with E-state index in [0.29, 0.717) is 35.2 Å². The summed E-state index contributed by atoms with van der Waals surface area (Å²) in [5.41, 5.74) is 2.24. The average molecular weight is 401 g/mol. The Kier molecular flexibility index (Phi) is 5.57. The molecule has 0 radical (unpaired) electrons. The maximum atomic E-state index is 12.8. The van der Waals surface area contributed by atoms with Gasteiger partial charge in [0.1, 0.15) is 0 Å². The van der Waals surface area contributed by atoms with E-state index in [0.717, 1.165) is 0 Å². The lowest BCUT2D eigenvalue weighted by molar-refractivity contribution is 0.0493. The monoisotopic (exact) mass is 401 g/mol. The lowest BCUT2D eigenvalue weighted by Gasteiger charge is -2.09. The number of nitrogens with zero attached hydrogens (tertiary/aromatic N) is 1. The maximum Gasteiger partial charge on any atom is 0.419 e. The van der Waals surface area contributed by atoms with E-state index in [1.807, 2.05) is 12.1 Å². The smallest absolute Gasteiger partial charge is 0.419 e. The Bertz CT molecular complexity index is 1250. The van der Waals surface area contributed by atoms with Crippen LogP contribution in [-0.2, 0) is 11.3 Å². The van der Waals surface area contributed by atoms with Crippen molar-refractivity contribution in [3.63, 3.8) is 0 Å². The number of fused-ring (bicyclic) bond motifs is 1. The molecule has 3 aromatic carbocycles. The van der Waals surface area contributed by atoms with Gasteiger partial charge < -0.3 is 9.15 Å². The second-order valence-corrected chi connectivity index (χ2v) is 6.72. The summed E-state index contributed by atoms with van der Waals surface area (Å²) < 4.78 is 12.1. The predicted octanol–water partition coefficient (Wildman–Crippen LogP) is 4.07. The summed E-state index contributed by atoms with van der Waals surface area (Å²) in [4.78, 5) is 37.3. The number of rotatable bonds is 7. The summed E-state index contributed by atoms with van der Waals surface area (Å²) in [6.07, 6.45) is 0.434. The zero-order valence-corrected chi connectivity index (χ0v) is 16.1. The molecule has 0 saturated heterocycles. The van der Waals surface area contributed by atoms with Crippen molar-refractivity contribution in [2.24, 2.45) is 0 Å². The van der Waals surface area contributed by atoms with Crippen molar-refractivity contribution in [1.82, 2.24) is 4.57 Å². The first-order chi connectivity index (χ1) is 14.6. The van der Waals surface area contributed by atoms with Crippen LogP contribution in [0.2, 0.25) is 0 Å². The normalized spacial score (nSPS) is 10.8. The Hall–Kier alpha value is -3.93. The van der Waals surface area contributed by atoms with Crippen LogP contribution in [0.15, 0.2) is 88.1 Å². The van der Waals surface area contributed by atoms with Gasteiger partial charge in [0.05, 0.1) is 17.7 Å². The highest BCUT2D eigenvalue weighted by molar-refractivity contribution is 6.14. The number of aryl methyl sites for hydroxylation is 1. The summed E-state index contributed by atoms with van der Waals surface area (Å²) in [6.45, 7) is 0.465. The van der Waals surface area contributed by atoms with E-state index in [9.17, 15) is 14.4 Å². The van der Waals surface area contributed by atoms with Crippen LogP contribution in [0.5, 0.6) is 0 Å². The van der Waals surface area contributed by atoms with Crippen LogP contribution in [0, 0.1) is 0 Å². The number of oxazole rings is 1. The molecule has 0 unspecified atom stereocenters. The minimum Gasteiger partial charge on any atom is -0.462 e. The molecule has 4 rings (SSSR count). The molecule has 0 bridgehead atoms. The maximum absolute atomic E-state index is 12.8. The minimum atomic E-state index is -0.570. The van der Waals surface area contributed by atoms with Crippen LogP contribution in [0.3, 0.4) is 0 Å². The lowest BCUT2D eigenvalue weighted by Crippen LogP contribution is -2.17. The first-order valence-electron chi connectivity index (χ1n) is 9.59. The SMILES string of the molecule is O=C(OCCCn1c(=O)oc2ccccc21)c1ccccc1C(=O)c1ccccc1. The summed E-state index contributed by atoms with van der Waals surface area (Å²) >= 11 is 0. The Morgan fingerprint density at radius 2 is 1.50 bits per heavy atom. The van der Waals surface area contributed by atoms with E-state index < -0.39 is 11.7 Å². The summed E-state index contributed by atoms with van der Waals surface area (Å²) in [7, 11) is 0. The highest BCUT2D eigenvalue weighted by Gasteiger charge is 2.19. The Morgan fingerprint density at radius 3 is 2.30 bits per heavy atom. The van der Waals surface area contributed by atoms with Gasteiger partial charge in [-0.2, -0.15) is 0 Å². The zero-order valence-electron chi connectivity index (χ0n) is 16.1. The molecule has 1 heterocycles. The highest BCUT2D eigenvalue weighted by Crippen LogP contribution is 2.16. The molecule has 150 valence electrons. The quantitative estimate of drug-likeness (QED) is 0.265. The second-order valence-electron chi connectivity index (χ2n) is 6.72. The number of hydrogen-bond donors (Lipinski definition) is 0. The van der Waals surface area contributed by atoms with Gasteiger partial charge in [-0.25, -0.2) is 9.59 Å². The minimum absolute atomic E-state index is 0.110. The van der Waals surface area contributed by atoms with Crippen molar-refractivity contribution in [3.05, 3.63) is 106 Å². The van der Waals surface area contributed by atoms with Gasteiger partial charge in [0.15, 0.2) is 11.4 Å². The van der Waals surface area contributed by atoms with Gasteiger partial charge in [0.2, 0.25) is 0 Å². The number of aromatic nitrogens is 1. The molecule has 6 nitrogen and oxygen atoms in total. The van der Waals surface area contributed by atoms with Crippen molar-refractivity contribution < 1.29 is 18.7 Å².